The summed E-state index contributed by atoms with van der Waals surface area (Å²) in [5, 5.41) is 1.26. The molecule has 0 radical (unpaired) electrons. The first-order chi connectivity index (χ1) is 22.3. The third-order valence-electron chi connectivity index (χ3n) is 9.77. The fourth-order valence-electron chi connectivity index (χ4n) is 7.51. The summed E-state index contributed by atoms with van der Waals surface area (Å²) in [6, 6.07) is 15.1. The predicted molar refractivity (Wildman–Crippen MR) is 189 cm³/mol. The number of benzene rings is 2. The molecule has 1 aliphatic carbocycles. The van der Waals surface area contributed by atoms with Crippen LogP contribution in [0.2, 0.25) is 0 Å². The van der Waals surface area contributed by atoms with Crippen LogP contribution in [0.4, 0.5) is 0 Å². The normalized spacial score (nSPS) is 18.3. The van der Waals surface area contributed by atoms with Crippen molar-refractivity contribution in [3.8, 4) is 11.3 Å². The molecule has 2 fully saturated rings. The Morgan fingerprint density at radius 2 is 1.63 bits per heavy atom. The lowest BCUT2D eigenvalue weighted by Gasteiger charge is -2.34. The molecular formula is C37H51N5O3S. The highest BCUT2D eigenvalue weighted by Gasteiger charge is 2.32. The van der Waals surface area contributed by atoms with E-state index in [9.17, 15) is 14.4 Å². The Labute approximate surface area is 279 Å². The maximum Gasteiger partial charge on any atom is 0.262 e. The van der Waals surface area contributed by atoms with Gasteiger partial charge in [0, 0.05) is 80.2 Å². The maximum atomic E-state index is 13.3. The van der Waals surface area contributed by atoms with Gasteiger partial charge in [0.2, 0.25) is 11.8 Å². The van der Waals surface area contributed by atoms with E-state index >= 15 is 0 Å². The standard InChI is InChI=1S/C35H45N5O3S.C2H6/c1-24(41)38-17-19-39(20-18-38)32(42)16-13-25-21-27-11-7-8-12-29(27)34-33(26-9-5-4-6-10-26)30-15-14-28(22-31(30)40(34)23-25)35(43)36-44-37(2)3;1-2/h7-8,11-12,14-15,22,25-26H,4-6,9-10,13,16-21,23H2,1-3H3,(H,36,43);1-2H3. The van der Waals surface area contributed by atoms with Crippen molar-refractivity contribution in [1.29, 1.82) is 0 Å². The smallest absolute Gasteiger partial charge is 0.262 e. The minimum absolute atomic E-state index is 0.0775. The van der Waals surface area contributed by atoms with Gasteiger partial charge in [-0.15, -0.1) is 0 Å². The molecule has 1 saturated heterocycles. The number of carbonyl (C=O) groups excluding carboxylic acids is 3. The Kier molecular flexibility index (Phi) is 11.5. The molecule has 8 nitrogen and oxygen atoms in total. The molecule has 1 atom stereocenters. The third kappa shape index (κ3) is 7.46. The van der Waals surface area contributed by atoms with E-state index in [2.05, 4.69) is 45.7 Å². The second kappa shape index (κ2) is 15.5. The molecule has 0 bridgehead atoms. The number of piperazine rings is 1. The van der Waals surface area contributed by atoms with Gasteiger partial charge >= 0.3 is 0 Å². The summed E-state index contributed by atoms with van der Waals surface area (Å²) >= 11 is 1.28. The minimum Gasteiger partial charge on any atom is -0.340 e. The Balaban J connectivity index is 0.00000204. The average molecular weight is 646 g/mol. The van der Waals surface area contributed by atoms with Crippen molar-refractivity contribution in [1.82, 2.24) is 23.4 Å². The molecule has 46 heavy (non-hydrogen) atoms. The molecular weight excluding hydrogens is 595 g/mol. The van der Waals surface area contributed by atoms with Gasteiger partial charge < -0.3 is 14.4 Å². The van der Waals surface area contributed by atoms with E-state index in [4.69, 9.17) is 0 Å². The van der Waals surface area contributed by atoms with Crippen LogP contribution in [0.25, 0.3) is 22.2 Å². The van der Waals surface area contributed by atoms with Gasteiger partial charge in [0.25, 0.3) is 5.91 Å². The zero-order chi connectivity index (χ0) is 32.8. The Hall–Kier alpha value is -3.30. The molecule has 3 aliphatic rings. The molecule has 2 aromatic carbocycles. The Bertz CT molecular complexity index is 1540. The SMILES string of the molecule is CC.CC(=O)N1CCN(C(=O)CCC2Cc3ccccc3-c3c(C4CCCCC4)c4ccc(C(=O)NSN(C)C)cc4n3C2)CC1. The summed E-state index contributed by atoms with van der Waals surface area (Å²) in [4.78, 5) is 42.0. The van der Waals surface area contributed by atoms with Crippen LogP contribution in [-0.2, 0) is 22.6 Å². The number of nitrogens with zero attached hydrogens (tertiary/aromatic N) is 4. The van der Waals surface area contributed by atoms with Gasteiger partial charge in [-0.25, -0.2) is 4.31 Å². The first kappa shape index (κ1) is 34.0. The van der Waals surface area contributed by atoms with Gasteiger partial charge in [0.1, 0.15) is 0 Å². The molecule has 248 valence electrons. The lowest BCUT2D eigenvalue weighted by molar-refractivity contribution is -0.138. The molecule has 1 N–H and O–H groups in total. The molecule has 9 heteroatoms. The Morgan fingerprint density at radius 1 is 0.935 bits per heavy atom. The number of aromatic nitrogens is 1. The summed E-state index contributed by atoms with van der Waals surface area (Å²) in [5.41, 5.74) is 7.19. The number of rotatable bonds is 7. The van der Waals surface area contributed by atoms with Crippen molar-refractivity contribution in [2.24, 2.45) is 5.92 Å². The highest BCUT2D eigenvalue weighted by atomic mass is 32.2. The van der Waals surface area contributed by atoms with Gasteiger partial charge in [0.05, 0.1) is 5.69 Å². The van der Waals surface area contributed by atoms with Crippen molar-refractivity contribution < 1.29 is 14.4 Å². The van der Waals surface area contributed by atoms with Crippen molar-refractivity contribution >= 4 is 40.8 Å². The number of hydrogen-bond donors (Lipinski definition) is 1. The molecule has 1 unspecified atom stereocenters. The van der Waals surface area contributed by atoms with Crippen LogP contribution in [0.5, 0.6) is 0 Å². The van der Waals surface area contributed by atoms with Crippen molar-refractivity contribution in [3.63, 3.8) is 0 Å². The van der Waals surface area contributed by atoms with E-state index in [-0.39, 0.29) is 23.6 Å². The quantitative estimate of drug-likeness (QED) is 0.284. The molecule has 6 rings (SSSR count). The van der Waals surface area contributed by atoms with Crippen molar-refractivity contribution in [3.05, 3.63) is 59.2 Å². The van der Waals surface area contributed by atoms with Gasteiger partial charge in [-0.2, -0.15) is 0 Å². The van der Waals surface area contributed by atoms with Crippen LogP contribution in [0, 0.1) is 5.92 Å². The van der Waals surface area contributed by atoms with Crippen molar-refractivity contribution in [2.45, 2.75) is 84.6 Å². The van der Waals surface area contributed by atoms with Gasteiger partial charge in [-0.1, -0.05) is 63.4 Å². The van der Waals surface area contributed by atoms with Crippen LogP contribution in [0.1, 0.15) is 93.1 Å². The molecule has 3 amide bonds. The van der Waals surface area contributed by atoms with Gasteiger partial charge in [-0.05, 0) is 74.9 Å². The van der Waals surface area contributed by atoms with Crippen LogP contribution >= 0.6 is 12.1 Å². The second-order valence-electron chi connectivity index (χ2n) is 12.9. The van der Waals surface area contributed by atoms with Gasteiger partial charge in [0.15, 0.2) is 0 Å². The van der Waals surface area contributed by atoms with Crippen molar-refractivity contribution in [2.75, 3.05) is 40.3 Å². The monoisotopic (exact) mass is 645 g/mol. The molecule has 0 spiro atoms. The number of carbonyl (C=O) groups is 3. The minimum atomic E-state index is -0.0959. The fourth-order valence-corrected chi connectivity index (χ4v) is 7.89. The molecule has 3 aromatic rings. The average Bonchev–Trinajstić information content (AvgIpc) is 3.30. The van der Waals surface area contributed by atoms with E-state index in [0.29, 0.717) is 44.1 Å². The summed E-state index contributed by atoms with van der Waals surface area (Å²) in [6.07, 6.45) is 8.45. The zero-order valence-electron chi connectivity index (χ0n) is 28.3. The maximum absolute atomic E-state index is 13.3. The summed E-state index contributed by atoms with van der Waals surface area (Å²) in [5.74, 6) is 0.960. The van der Waals surface area contributed by atoms with E-state index in [0.717, 1.165) is 24.9 Å². The number of hydrogen-bond acceptors (Lipinski definition) is 5. The molecule has 3 heterocycles. The highest BCUT2D eigenvalue weighted by Crippen LogP contribution is 2.47. The number of fused-ring (bicyclic) bond motifs is 5. The largest absolute Gasteiger partial charge is 0.340 e. The third-order valence-corrected chi connectivity index (χ3v) is 10.4. The fraction of sp³-hybridized carbons (Fsp3) is 0.541. The van der Waals surface area contributed by atoms with E-state index in [1.54, 1.807) is 6.92 Å². The Morgan fingerprint density at radius 3 is 2.33 bits per heavy atom. The highest BCUT2D eigenvalue weighted by molar-refractivity contribution is 7.95. The lowest BCUT2D eigenvalue weighted by atomic mass is 9.81. The summed E-state index contributed by atoms with van der Waals surface area (Å²) in [6.45, 7) is 8.86. The van der Waals surface area contributed by atoms with E-state index in [1.807, 2.05) is 48.1 Å². The zero-order valence-corrected chi connectivity index (χ0v) is 29.1. The number of nitrogens with one attached hydrogen (secondary N) is 1. The molecule has 1 saturated carbocycles. The second-order valence-corrected chi connectivity index (χ2v) is 14.0. The van der Waals surface area contributed by atoms with Crippen LogP contribution in [0.3, 0.4) is 0 Å². The summed E-state index contributed by atoms with van der Waals surface area (Å²) < 4.78 is 7.31. The van der Waals surface area contributed by atoms with E-state index in [1.165, 1.54) is 72.0 Å². The predicted octanol–water partition coefficient (Wildman–Crippen LogP) is 6.88. The first-order valence-corrected chi connectivity index (χ1v) is 18.0. The molecule has 1 aromatic heterocycles. The summed E-state index contributed by atoms with van der Waals surface area (Å²) in [7, 11) is 3.82. The number of amides is 3. The van der Waals surface area contributed by atoms with Crippen LogP contribution in [-0.4, -0.2) is 76.7 Å². The molecule has 2 aliphatic heterocycles. The van der Waals surface area contributed by atoms with Crippen LogP contribution < -0.4 is 4.72 Å². The lowest BCUT2D eigenvalue weighted by Crippen LogP contribution is -2.50. The van der Waals surface area contributed by atoms with E-state index < -0.39 is 0 Å². The van der Waals surface area contributed by atoms with Crippen LogP contribution in [0.15, 0.2) is 42.5 Å². The topological polar surface area (TPSA) is 77.9 Å². The van der Waals surface area contributed by atoms with Gasteiger partial charge in [-0.3, -0.25) is 19.1 Å². The first-order valence-electron chi connectivity index (χ1n) is 17.2.